The average Bonchev–Trinajstić information content (AvgIpc) is 2.84. The molecule has 0 unspecified atom stereocenters. The van der Waals surface area contributed by atoms with E-state index in [1.807, 2.05) is 0 Å². The molecule has 0 atom stereocenters. The number of aryl methyl sites for hydroxylation is 1. The molecule has 1 aromatic heterocycles. The van der Waals surface area contributed by atoms with Crippen molar-refractivity contribution >= 4 is 17.2 Å². The molecule has 1 heterocycles. The van der Waals surface area contributed by atoms with Crippen molar-refractivity contribution in [1.82, 2.24) is 5.32 Å². The third-order valence-corrected chi connectivity index (χ3v) is 4.92. The molecule has 3 nitrogen and oxygen atoms in total. The van der Waals surface area contributed by atoms with Gasteiger partial charge in [-0.1, -0.05) is 26.2 Å². The van der Waals surface area contributed by atoms with Gasteiger partial charge < -0.3 is 11.1 Å². The smallest absolute Gasteiger partial charge is 0.240 e. The van der Waals surface area contributed by atoms with Gasteiger partial charge in [-0.3, -0.25) is 4.79 Å². The Morgan fingerprint density at radius 2 is 2.00 bits per heavy atom. The van der Waals surface area contributed by atoms with Crippen LogP contribution in [0.15, 0.2) is 12.1 Å². The van der Waals surface area contributed by atoms with Crippen LogP contribution < -0.4 is 11.1 Å². The van der Waals surface area contributed by atoms with Gasteiger partial charge in [0.05, 0.1) is 12.1 Å². The summed E-state index contributed by atoms with van der Waals surface area (Å²) >= 11 is 1.76. The van der Waals surface area contributed by atoms with Gasteiger partial charge in [-0.25, -0.2) is 0 Å². The fraction of sp³-hybridized carbons (Fsp3) is 0.643. The molecule has 1 aliphatic rings. The van der Waals surface area contributed by atoms with Gasteiger partial charge in [0.2, 0.25) is 5.91 Å². The number of nitrogens with one attached hydrogen (secondary N) is 1. The molecule has 0 radical (unpaired) electrons. The van der Waals surface area contributed by atoms with Crippen LogP contribution >= 0.6 is 11.3 Å². The summed E-state index contributed by atoms with van der Waals surface area (Å²) in [5, 5.41) is 2.99. The Labute approximate surface area is 113 Å². The van der Waals surface area contributed by atoms with E-state index in [4.69, 9.17) is 5.73 Å². The number of carbonyl (C=O) groups excluding carboxylic acids is 1. The Bertz CT molecular complexity index is 408. The van der Waals surface area contributed by atoms with E-state index >= 15 is 0 Å². The minimum Gasteiger partial charge on any atom is -0.350 e. The number of hydrogen-bond donors (Lipinski definition) is 2. The zero-order chi connectivity index (χ0) is 13.0. The molecule has 0 spiro atoms. The second-order valence-electron chi connectivity index (χ2n) is 5.12. The summed E-state index contributed by atoms with van der Waals surface area (Å²) in [7, 11) is 0. The van der Waals surface area contributed by atoms with Crippen molar-refractivity contribution in [1.29, 1.82) is 0 Å². The second-order valence-corrected chi connectivity index (χ2v) is 6.37. The van der Waals surface area contributed by atoms with E-state index in [0.717, 1.165) is 32.1 Å². The van der Waals surface area contributed by atoms with Crippen LogP contribution in [-0.4, -0.2) is 11.4 Å². The molecular weight excluding hydrogens is 244 g/mol. The first-order valence-corrected chi connectivity index (χ1v) is 7.60. The topological polar surface area (TPSA) is 55.1 Å². The molecular formula is C14H22N2OS. The summed E-state index contributed by atoms with van der Waals surface area (Å²) < 4.78 is 0. The lowest BCUT2D eigenvalue weighted by Crippen LogP contribution is -2.54. The van der Waals surface area contributed by atoms with Crippen molar-refractivity contribution in [2.24, 2.45) is 5.73 Å². The van der Waals surface area contributed by atoms with Gasteiger partial charge >= 0.3 is 0 Å². The molecule has 0 aromatic carbocycles. The average molecular weight is 266 g/mol. The number of hydrogen-bond acceptors (Lipinski definition) is 3. The SMILES string of the molecule is CCc1ccc(CNC(=O)C2(N)CCCCC2)s1. The molecule has 1 aromatic rings. The Balaban J connectivity index is 1.87. The highest BCUT2D eigenvalue weighted by atomic mass is 32.1. The van der Waals surface area contributed by atoms with E-state index in [1.165, 1.54) is 16.2 Å². The summed E-state index contributed by atoms with van der Waals surface area (Å²) in [6.07, 6.45) is 6.05. The number of carbonyl (C=O) groups is 1. The summed E-state index contributed by atoms with van der Waals surface area (Å²) in [4.78, 5) is 14.7. The molecule has 1 saturated carbocycles. The minimum atomic E-state index is -0.622. The lowest BCUT2D eigenvalue weighted by Gasteiger charge is -2.31. The lowest BCUT2D eigenvalue weighted by atomic mass is 9.82. The van der Waals surface area contributed by atoms with Gasteiger partial charge in [0, 0.05) is 9.75 Å². The van der Waals surface area contributed by atoms with Crippen LogP contribution in [0.2, 0.25) is 0 Å². The van der Waals surface area contributed by atoms with E-state index in [1.54, 1.807) is 11.3 Å². The first kappa shape index (κ1) is 13.6. The Hall–Kier alpha value is -0.870. The Kier molecular flexibility index (Phi) is 4.40. The summed E-state index contributed by atoms with van der Waals surface area (Å²) in [5.41, 5.74) is 5.57. The van der Waals surface area contributed by atoms with E-state index in [0.29, 0.717) is 6.54 Å². The van der Waals surface area contributed by atoms with Crippen LogP contribution in [0.3, 0.4) is 0 Å². The molecule has 18 heavy (non-hydrogen) atoms. The highest BCUT2D eigenvalue weighted by Crippen LogP contribution is 2.26. The molecule has 3 N–H and O–H groups in total. The molecule has 0 saturated heterocycles. The predicted octanol–water partition coefficient (Wildman–Crippen LogP) is 2.59. The van der Waals surface area contributed by atoms with Crippen LogP contribution in [0.5, 0.6) is 0 Å². The van der Waals surface area contributed by atoms with Gasteiger partial charge in [-0.2, -0.15) is 0 Å². The van der Waals surface area contributed by atoms with E-state index in [-0.39, 0.29) is 5.91 Å². The molecule has 1 fully saturated rings. The maximum Gasteiger partial charge on any atom is 0.240 e. The molecule has 1 amide bonds. The quantitative estimate of drug-likeness (QED) is 0.880. The summed E-state index contributed by atoms with van der Waals surface area (Å²) in [6, 6.07) is 4.22. The van der Waals surface area contributed by atoms with E-state index in [9.17, 15) is 4.79 Å². The lowest BCUT2D eigenvalue weighted by molar-refractivity contribution is -0.127. The molecule has 2 rings (SSSR count). The highest BCUT2D eigenvalue weighted by Gasteiger charge is 2.34. The molecule has 4 heteroatoms. The fourth-order valence-electron chi connectivity index (χ4n) is 2.46. The molecule has 100 valence electrons. The first-order chi connectivity index (χ1) is 8.64. The third-order valence-electron chi connectivity index (χ3n) is 3.69. The van der Waals surface area contributed by atoms with Gasteiger partial charge in [0.15, 0.2) is 0 Å². The number of nitrogens with two attached hydrogens (primary N) is 1. The number of rotatable bonds is 4. The number of thiophene rings is 1. The third kappa shape index (κ3) is 3.12. The highest BCUT2D eigenvalue weighted by molar-refractivity contribution is 7.11. The predicted molar refractivity (Wildman–Crippen MR) is 75.5 cm³/mol. The van der Waals surface area contributed by atoms with Gasteiger partial charge in [-0.15, -0.1) is 11.3 Å². The zero-order valence-corrected chi connectivity index (χ0v) is 11.8. The van der Waals surface area contributed by atoms with Gasteiger partial charge in [0.25, 0.3) is 0 Å². The van der Waals surface area contributed by atoms with Crippen molar-refractivity contribution in [3.63, 3.8) is 0 Å². The van der Waals surface area contributed by atoms with Crippen molar-refractivity contribution in [2.45, 2.75) is 57.5 Å². The van der Waals surface area contributed by atoms with Crippen LogP contribution in [0.25, 0.3) is 0 Å². The van der Waals surface area contributed by atoms with E-state index < -0.39 is 5.54 Å². The van der Waals surface area contributed by atoms with Crippen molar-refractivity contribution in [3.8, 4) is 0 Å². The van der Waals surface area contributed by atoms with Crippen molar-refractivity contribution in [3.05, 3.63) is 21.9 Å². The van der Waals surface area contributed by atoms with Crippen LogP contribution in [-0.2, 0) is 17.8 Å². The van der Waals surface area contributed by atoms with Gasteiger partial charge in [0.1, 0.15) is 0 Å². The minimum absolute atomic E-state index is 0.0219. The zero-order valence-electron chi connectivity index (χ0n) is 11.0. The standard InChI is InChI=1S/C14H22N2OS/c1-2-11-6-7-12(18-11)10-16-13(17)14(15)8-4-3-5-9-14/h6-7H,2-5,8-10,15H2,1H3,(H,16,17). The van der Waals surface area contributed by atoms with Gasteiger partial charge in [-0.05, 0) is 31.4 Å². The largest absolute Gasteiger partial charge is 0.350 e. The monoisotopic (exact) mass is 266 g/mol. The molecule has 0 bridgehead atoms. The first-order valence-electron chi connectivity index (χ1n) is 6.79. The Morgan fingerprint density at radius 3 is 2.61 bits per heavy atom. The maximum atomic E-state index is 12.1. The fourth-order valence-corrected chi connectivity index (χ4v) is 3.36. The molecule has 1 aliphatic carbocycles. The van der Waals surface area contributed by atoms with Crippen molar-refractivity contribution < 1.29 is 4.79 Å². The van der Waals surface area contributed by atoms with Crippen molar-refractivity contribution in [2.75, 3.05) is 0 Å². The molecule has 0 aliphatic heterocycles. The maximum absolute atomic E-state index is 12.1. The van der Waals surface area contributed by atoms with Crippen LogP contribution in [0.1, 0.15) is 48.8 Å². The van der Waals surface area contributed by atoms with Crippen LogP contribution in [0, 0.1) is 0 Å². The summed E-state index contributed by atoms with van der Waals surface area (Å²) in [5.74, 6) is 0.0219. The normalized spacial score (nSPS) is 18.6. The van der Waals surface area contributed by atoms with E-state index in [2.05, 4.69) is 24.4 Å². The summed E-state index contributed by atoms with van der Waals surface area (Å²) in [6.45, 7) is 2.76. The second kappa shape index (κ2) is 5.85. The Morgan fingerprint density at radius 1 is 1.33 bits per heavy atom. The van der Waals surface area contributed by atoms with Crippen LogP contribution in [0.4, 0.5) is 0 Å². The number of amides is 1.